The molecule has 0 aliphatic carbocycles. The first-order valence-electron chi connectivity index (χ1n) is 11.3. The third-order valence-corrected chi connectivity index (χ3v) is 6.51. The molecule has 0 bridgehead atoms. The quantitative estimate of drug-likeness (QED) is 0.352. The number of furan rings is 1. The predicted molar refractivity (Wildman–Crippen MR) is 139 cm³/mol. The maximum atomic E-state index is 13.6. The van der Waals surface area contributed by atoms with Crippen LogP contribution >= 0.6 is 11.8 Å². The third kappa shape index (κ3) is 4.95. The highest BCUT2D eigenvalue weighted by molar-refractivity contribution is 7.98. The van der Waals surface area contributed by atoms with Crippen LogP contribution in [0.4, 0.5) is 5.69 Å². The Morgan fingerprint density at radius 2 is 1.94 bits per heavy atom. The molecule has 2 amide bonds. The average molecular weight is 492 g/mol. The van der Waals surface area contributed by atoms with Crippen molar-refractivity contribution in [2.75, 3.05) is 25.2 Å². The van der Waals surface area contributed by atoms with Crippen LogP contribution in [-0.4, -0.2) is 51.3 Å². The molecule has 1 N–H and O–H groups in total. The molecule has 3 aromatic heterocycles. The molecular formula is C26H29N5O3S. The summed E-state index contributed by atoms with van der Waals surface area (Å²) >= 11 is 1.55. The van der Waals surface area contributed by atoms with E-state index in [1.807, 2.05) is 64.3 Å². The van der Waals surface area contributed by atoms with Crippen molar-refractivity contribution in [3.63, 3.8) is 0 Å². The van der Waals surface area contributed by atoms with Crippen LogP contribution in [0.2, 0.25) is 0 Å². The Kier molecular flexibility index (Phi) is 6.98. The minimum absolute atomic E-state index is 0.0606. The van der Waals surface area contributed by atoms with Gasteiger partial charge in [-0.2, -0.15) is 5.10 Å². The van der Waals surface area contributed by atoms with Gasteiger partial charge in [0.1, 0.15) is 11.5 Å². The summed E-state index contributed by atoms with van der Waals surface area (Å²) < 4.78 is 7.50. The number of fused-ring (bicyclic) bond motifs is 1. The van der Waals surface area contributed by atoms with Crippen molar-refractivity contribution < 1.29 is 14.0 Å². The molecule has 1 aromatic carbocycles. The predicted octanol–water partition coefficient (Wildman–Crippen LogP) is 5.32. The van der Waals surface area contributed by atoms with Crippen LogP contribution in [0.3, 0.4) is 0 Å². The Bertz CT molecular complexity index is 1410. The van der Waals surface area contributed by atoms with Gasteiger partial charge in [-0.1, -0.05) is 12.1 Å². The minimum atomic E-state index is -0.284. The number of carbonyl (C=O) groups excluding carboxylic acids is 2. The van der Waals surface area contributed by atoms with Gasteiger partial charge in [0.2, 0.25) is 5.91 Å². The number of nitrogens with one attached hydrogen (secondary N) is 1. The Morgan fingerprint density at radius 3 is 2.60 bits per heavy atom. The van der Waals surface area contributed by atoms with Gasteiger partial charge in [-0.15, -0.1) is 11.8 Å². The number of benzene rings is 1. The fourth-order valence-electron chi connectivity index (χ4n) is 4.03. The number of amides is 2. The lowest BCUT2D eigenvalue weighted by Gasteiger charge is -2.18. The molecule has 0 unspecified atom stereocenters. The summed E-state index contributed by atoms with van der Waals surface area (Å²) in [6.45, 7) is 7.68. The second-order valence-electron chi connectivity index (χ2n) is 8.71. The van der Waals surface area contributed by atoms with Crippen molar-refractivity contribution in [3.05, 3.63) is 59.7 Å². The van der Waals surface area contributed by atoms with E-state index in [9.17, 15) is 9.59 Å². The van der Waals surface area contributed by atoms with E-state index in [0.717, 1.165) is 27.7 Å². The number of carbonyl (C=O) groups is 2. The molecule has 3 heterocycles. The van der Waals surface area contributed by atoms with Crippen LogP contribution in [0.25, 0.3) is 22.3 Å². The summed E-state index contributed by atoms with van der Waals surface area (Å²) in [5, 5.41) is 8.03. The highest BCUT2D eigenvalue weighted by Crippen LogP contribution is 2.30. The zero-order chi connectivity index (χ0) is 25.3. The van der Waals surface area contributed by atoms with Gasteiger partial charge in [0.25, 0.3) is 5.91 Å². The summed E-state index contributed by atoms with van der Waals surface area (Å²) in [7, 11) is 1.62. The lowest BCUT2D eigenvalue weighted by Crippen LogP contribution is -2.35. The first-order chi connectivity index (χ1) is 16.7. The van der Waals surface area contributed by atoms with Crippen molar-refractivity contribution in [3.8, 4) is 11.3 Å². The second kappa shape index (κ2) is 9.95. The van der Waals surface area contributed by atoms with E-state index in [-0.39, 0.29) is 24.4 Å². The second-order valence-corrected chi connectivity index (χ2v) is 9.56. The molecule has 4 aromatic rings. The molecule has 0 radical (unpaired) electrons. The number of pyridine rings is 1. The van der Waals surface area contributed by atoms with Crippen LogP contribution < -0.4 is 5.32 Å². The molecule has 4 rings (SSSR count). The van der Waals surface area contributed by atoms with Gasteiger partial charge in [0, 0.05) is 23.5 Å². The van der Waals surface area contributed by atoms with Gasteiger partial charge in [-0.25, -0.2) is 9.67 Å². The van der Waals surface area contributed by atoms with E-state index < -0.39 is 0 Å². The van der Waals surface area contributed by atoms with Crippen LogP contribution in [0.1, 0.15) is 41.8 Å². The summed E-state index contributed by atoms with van der Waals surface area (Å²) in [5.41, 5.74) is 3.23. The van der Waals surface area contributed by atoms with E-state index in [1.165, 1.54) is 4.90 Å². The topological polar surface area (TPSA) is 93.3 Å². The summed E-state index contributed by atoms with van der Waals surface area (Å²) in [6, 6.07) is 11.3. The molecule has 0 saturated heterocycles. The van der Waals surface area contributed by atoms with Crippen molar-refractivity contribution >= 4 is 40.3 Å². The van der Waals surface area contributed by atoms with Gasteiger partial charge < -0.3 is 14.6 Å². The summed E-state index contributed by atoms with van der Waals surface area (Å²) in [5.74, 6) is 0.938. The van der Waals surface area contributed by atoms with Crippen molar-refractivity contribution in [2.24, 2.45) is 0 Å². The summed E-state index contributed by atoms with van der Waals surface area (Å²) in [4.78, 5) is 33.5. The normalized spacial score (nSPS) is 11.3. The molecular weight excluding hydrogens is 462 g/mol. The Balaban J connectivity index is 1.67. The van der Waals surface area contributed by atoms with Crippen LogP contribution in [-0.2, 0) is 4.79 Å². The van der Waals surface area contributed by atoms with Crippen LogP contribution in [0.5, 0.6) is 0 Å². The number of hydrogen-bond acceptors (Lipinski definition) is 6. The van der Waals surface area contributed by atoms with Gasteiger partial charge >= 0.3 is 0 Å². The Labute approximate surface area is 208 Å². The first-order valence-corrected chi connectivity index (χ1v) is 12.6. The first kappa shape index (κ1) is 24.5. The summed E-state index contributed by atoms with van der Waals surface area (Å²) in [6.07, 6.45) is 3.61. The molecule has 0 aliphatic heterocycles. The van der Waals surface area contributed by atoms with Gasteiger partial charge in [0.15, 0.2) is 5.65 Å². The zero-order valence-electron chi connectivity index (χ0n) is 20.7. The Morgan fingerprint density at radius 1 is 1.20 bits per heavy atom. The molecule has 0 atom stereocenters. The smallest absolute Gasteiger partial charge is 0.254 e. The molecule has 0 spiro atoms. The largest absolute Gasteiger partial charge is 0.466 e. The van der Waals surface area contributed by atoms with E-state index in [2.05, 4.69) is 10.4 Å². The molecule has 9 heteroatoms. The number of hydrogen-bond donors (Lipinski definition) is 1. The van der Waals surface area contributed by atoms with E-state index in [0.29, 0.717) is 22.3 Å². The molecule has 0 aliphatic rings. The average Bonchev–Trinajstić information content (AvgIpc) is 3.40. The number of para-hydroxylation sites is 1. The highest BCUT2D eigenvalue weighted by Gasteiger charge is 2.23. The van der Waals surface area contributed by atoms with Crippen LogP contribution in [0, 0.1) is 13.8 Å². The Hall–Kier alpha value is -3.59. The maximum Gasteiger partial charge on any atom is 0.254 e. The number of thioether (sulfide) groups is 1. The standard InChI is InChI=1S/C26H29N5O3S/c1-15(2)31-25-20(13-27-31)19(12-22(29-25)18-11-16(3)34-17(18)4)26(33)30(5)14-24(32)28-21-9-7-8-10-23(21)35-6/h7-13,15H,14H2,1-6H3,(H,28,32). The van der Waals surface area contributed by atoms with Crippen molar-refractivity contribution in [1.29, 1.82) is 0 Å². The number of aromatic nitrogens is 3. The van der Waals surface area contributed by atoms with Crippen molar-refractivity contribution in [2.45, 2.75) is 38.6 Å². The van der Waals surface area contributed by atoms with Gasteiger partial charge in [-0.3, -0.25) is 9.59 Å². The molecule has 0 saturated carbocycles. The number of anilines is 1. The molecule has 35 heavy (non-hydrogen) atoms. The lowest BCUT2D eigenvalue weighted by molar-refractivity contribution is -0.116. The van der Waals surface area contributed by atoms with Crippen LogP contribution in [0.15, 0.2) is 51.9 Å². The third-order valence-electron chi connectivity index (χ3n) is 5.71. The van der Waals surface area contributed by atoms with Gasteiger partial charge in [-0.05, 0) is 58.2 Å². The number of likely N-dealkylation sites (N-methyl/N-ethyl adjacent to an activating group) is 1. The lowest BCUT2D eigenvalue weighted by atomic mass is 10.1. The number of nitrogens with zero attached hydrogens (tertiary/aromatic N) is 4. The van der Waals surface area contributed by atoms with Gasteiger partial charge in [0.05, 0.1) is 35.1 Å². The monoisotopic (exact) mass is 491 g/mol. The molecule has 182 valence electrons. The maximum absolute atomic E-state index is 13.6. The fraction of sp³-hybridized carbons (Fsp3) is 0.308. The zero-order valence-corrected chi connectivity index (χ0v) is 21.6. The van der Waals surface area contributed by atoms with Crippen molar-refractivity contribution in [1.82, 2.24) is 19.7 Å². The molecule has 0 fully saturated rings. The van der Waals surface area contributed by atoms with E-state index in [4.69, 9.17) is 9.40 Å². The van der Waals surface area contributed by atoms with E-state index in [1.54, 1.807) is 35.8 Å². The SMILES string of the molecule is CSc1ccccc1NC(=O)CN(C)C(=O)c1cc(-c2cc(C)oc2C)nc2c1cnn2C(C)C. The van der Waals surface area contributed by atoms with E-state index >= 15 is 0 Å². The number of rotatable bonds is 7. The highest BCUT2D eigenvalue weighted by atomic mass is 32.2. The number of aryl methyl sites for hydroxylation is 2. The minimum Gasteiger partial charge on any atom is -0.466 e. The molecule has 8 nitrogen and oxygen atoms in total. The fourth-order valence-corrected chi connectivity index (χ4v) is 4.58.